The summed E-state index contributed by atoms with van der Waals surface area (Å²) in [5.41, 5.74) is -0.390. The second kappa shape index (κ2) is 4.27. The van der Waals surface area contributed by atoms with Crippen LogP contribution in [0.3, 0.4) is 0 Å². The minimum absolute atomic E-state index is 0.366. The molecule has 0 N–H and O–H groups in total. The van der Waals surface area contributed by atoms with Gasteiger partial charge in [-0.05, 0) is 19.1 Å². The summed E-state index contributed by atoms with van der Waals surface area (Å²) in [4.78, 5) is 8.22. The van der Waals surface area contributed by atoms with Gasteiger partial charge < -0.3 is 0 Å². The largest absolute Gasteiger partial charge is 0.433 e. The number of thiazole rings is 1. The van der Waals surface area contributed by atoms with E-state index in [1.54, 1.807) is 6.92 Å². The smallest absolute Gasteiger partial charge is 0.251 e. The number of rotatable bonds is 1. The third kappa shape index (κ3) is 2.58. The number of hydrogen-bond donors (Lipinski definition) is 0. The molecule has 7 heteroatoms. The van der Waals surface area contributed by atoms with Gasteiger partial charge in [0.05, 0.1) is 0 Å². The lowest BCUT2D eigenvalue weighted by atomic mass is 10.2. The van der Waals surface area contributed by atoms with Gasteiger partial charge in [-0.25, -0.2) is 4.98 Å². The molecule has 0 saturated carbocycles. The highest BCUT2D eigenvalue weighted by atomic mass is 35.5. The zero-order valence-electron chi connectivity index (χ0n) is 8.55. The molecule has 2 aromatic rings. The van der Waals surface area contributed by atoms with Crippen molar-refractivity contribution in [2.75, 3.05) is 0 Å². The van der Waals surface area contributed by atoms with Crippen LogP contribution in [0.4, 0.5) is 13.2 Å². The summed E-state index contributed by atoms with van der Waals surface area (Å²) >= 11 is 7.10. The Morgan fingerprint density at radius 2 is 2.00 bits per heavy atom. The lowest BCUT2D eigenvalue weighted by Gasteiger charge is -2.05. The quantitative estimate of drug-likeness (QED) is 0.782. The fourth-order valence-electron chi connectivity index (χ4n) is 1.19. The fourth-order valence-corrected chi connectivity index (χ4v) is 2.24. The number of hydrogen-bond acceptors (Lipinski definition) is 3. The molecule has 2 nitrogen and oxygen atoms in total. The van der Waals surface area contributed by atoms with Crippen LogP contribution in [0.2, 0.25) is 5.15 Å². The van der Waals surface area contributed by atoms with Gasteiger partial charge in [0.25, 0.3) is 0 Å². The van der Waals surface area contributed by atoms with Crippen molar-refractivity contribution >= 4 is 22.9 Å². The maximum absolute atomic E-state index is 12.3. The summed E-state index contributed by atoms with van der Waals surface area (Å²) in [5, 5.41) is 0.929. The van der Waals surface area contributed by atoms with Crippen LogP contribution in [0.25, 0.3) is 10.6 Å². The molecule has 0 radical (unpaired) electrons. The van der Waals surface area contributed by atoms with Crippen molar-refractivity contribution in [1.82, 2.24) is 9.97 Å². The van der Waals surface area contributed by atoms with Gasteiger partial charge in [-0.2, -0.15) is 13.2 Å². The summed E-state index contributed by atoms with van der Waals surface area (Å²) in [6, 6.07) is 2.27. The molecular formula is C10H6ClF3N2S. The molecule has 0 aliphatic heterocycles. The lowest BCUT2D eigenvalue weighted by Crippen LogP contribution is -2.07. The van der Waals surface area contributed by atoms with Gasteiger partial charge in [-0.15, -0.1) is 11.3 Å². The van der Waals surface area contributed by atoms with Crippen LogP contribution < -0.4 is 0 Å². The Bertz CT molecular complexity index is 514. The minimum atomic E-state index is -4.42. The third-order valence-corrected chi connectivity index (χ3v) is 3.54. The molecule has 2 aromatic heterocycles. The zero-order valence-corrected chi connectivity index (χ0v) is 10.1. The summed E-state index contributed by atoms with van der Waals surface area (Å²) < 4.78 is 36.9. The van der Waals surface area contributed by atoms with Crippen molar-refractivity contribution < 1.29 is 13.2 Å². The standard InChI is InChI=1S/C10H6ClF3N2S/c1-5-8(11)16-9(17-5)6-2-3-7(15-4-6)10(12,13)14/h2-4H,1H3. The van der Waals surface area contributed by atoms with Crippen LogP contribution in [0.15, 0.2) is 18.3 Å². The highest BCUT2D eigenvalue weighted by molar-refractivity contribution is 7.15. The van der Waals surface area contributed by atoms with Gasteiger partial charge >= 0.3 is 6.18 Å². The highest BCUT2D eigenvalue weighted by Gasteiger charge is 2.32. The topological polar surface area (TPSA) is 25.8 Å². The number of aromatic nitrogens is 2. The molecule has 0 unspecified atom stereocenters. The van der Waals surface area contributed by atoms with Crippen molar-refractivity contribution in [1.29, 1.82) is 0 Å². The first-order chi connectivity index (χ1) is 7.88. The molecule has 0 spiro atoms. The molecule has 90 valence electrons. The molecule has 0 aliphatic carbocycles. The molecule has 2 heterocycles. The van der Waals surface area contributed by atoms with Crippen molar-refractivity contribution in [3.63, 3.8) is 0 Å². The van der Waals surface area contributed by atoms with E-state index in [9.17, 15) is 13.2 Å². The number of nitrogens with zero attached hydrogens (tertiary/aromatic N) is 2. The maximum Gasteiger partial charge on any atom is 0.433 e. The van der Waals surface area contributed by atoms with Gasteiger partial charge in [0.15, 0.2) is 0 Å². The highest BCUT2D eigenvalue weighted by Crippen LogP contribution is 2.32. The monoisotopic (exact) mass is 278 g/mol. The Kier molecular flexibility index (Phi) is 3.09. The first-order valence-corrected chi connectivity index (χ1v) is 5.74. The number of pyridine rings is 1. The van der Waals surface area contributed by atoms with Crippen molar-refractivity contribution in [3.05, 3.63) is 34.1 Å². The maximum atomic E-state index is 12.3. The molecule has 0 aliphatic rings. The third-order valence-electron chi connectivity index (χ3n) is 2.04. The fraction of sp³-hybridized carbons (Fsp3) is 0.200. The SMILES string of the molecule is Cc1sc(-c2ccc(C(F)(F)F)nc2)nc1Cl. The summed E-state index contributed by atoms with van der Waals surface area (Å²) in [7, 11) is 0. The van der Waals surface area contributed by atoms with E-state index in [0.717, 1.165) is 17.1 Å². The van der Waals surface area contributed by atoms with Crippen molar-refractivity contribution in [3.8, 4) is 10.6 Å². The van der Waals surface area contributed by atoms with E-state index < -0.39 is 11.9 Å². The summed E-state index contributed by atoms with van der Waals surface area (Å²) in [6.45, 7) is 1.79. The number of aryl methyl sites for hydroxylation is 1. The molecule has 0 bridgehead atoms. The molecule has 2 rings (SSSR count). The van der Waals surface area contributed by atoms with E-state index >= 15 is 0 Å². The predicted molar refractivity (Wildman–Crippen MR) is 60.1 cm³/mol. The van der Waals surface area contributed by atoms with Crippen LogP contribution in [0.5, 0.6) is 0 Å². The minimum Gasteiger partial charge on any atom is -0.251 e. The molecule has 17 heavy (non-hydrogen) atoms. The average Bonchev–Trinajstić information content (AvgIpc) is 2.58. The Morgan fingerprint density at radius 3 is 2.41 bits per heavy atom. The molecule has 0 fully saturated rings. The van der Waals surface area contributed by atoms with Crippen LogP contribution in [0, 0.1) is 6.92 Å². The Hall–Kier alpha value is -1.14. The second-order valence-electron chi connectivity index (χ2n) is 3.30. The van der Waals surface area contributed by atoms with Gasteiger partial charge in [-0.1, -0.05) is 11.6 Å². The lowest BCUT2D eigenvalue weighted by molar-refractivity contribution is -0.141. The van der Waals surface area contributed by atoms with E-state index in [0.29, 0.717) is 15.7 Å². The average molecular weight is 279 g/mol. The van der Waals surface area contributed by atoms with Gasteiger partial charge in [0.2, 0.25) is 0 Å². The van der Waals surface area contributed by atoms with Gasteiger partial charge in [0.1, 0.15) is 15.9 Å². The van der Waals surface area contributed by atoms with Crippen LogP contribution in [-0.4, -0.2) is 9.97 Å². The first kappa shape index (κ1) is 12.3. The summed E-state index contributed by atoms with van der Waals surface area (Å²) in [5.74, 6) is 0. The Balaban J connectivity index is 2.36. The van der Waals surface area contributed by atoms with Gasteiger partial charge in [0, 0.05) is 16.6 Å². The Labute approximate surface area is 104 Å². The number of halogens is 4. The van der Waals surface area contributed by atoms with Gasteiger partial charge in [-0.3, -0.25) is 4.98 Å². The Morgan fingerprint density at radius 1 is 1.29 bits per heavy atom. The van der Waals surface area contributed by atoms with E-state index in [1.807, 2.05) is 0 Å². The molecule has 0 saturated heterocycles. The summed E-state index contributed by atoms with van der Waals surface area (Å²) in [6.07, 6.45) is -3.27. The van der Waals surface area contributed by atoms with Crippen molar-refractivity contribution in [2.45, 2.75) is 13.1 Å². The molecular weight excluding hydrogens is 273 g/mol. The van der Waals surface area contributed by atoms with Crippen LogP contribution >= 0.6 is 22.9 Å². The van der Waals surface area contributed by atoms with Crippen molar-refractivity contribution in [2.24, 2.45) is 0 Å². The van der Waals surface area contributed by atoms with E-state index in [4.69, 9.17) is 11.6 Å². The first-order valence-electron chi connectivity index (χ1n) is 4.54. The second-order valence-corrected chi connectivity index (χ2v) is 4.86. The predicted octanol–water partition coefficient (Wildman–Crippen LogP) is 4.19. The van der Waals surface area contributed by atoms with Crippen LogP contribution in [0.1, 0.15) is 10.6 Å². The molecule has 0 amide bonds. The molecule has 0 atom stereocenters. The number of alkyl halides is 3. The van der Waals surface area contributed by atoms with E-state index in [1.165, 1.54) is 17.4 Å². The zero-order chi connectivity index (χ0) is 12.6. The molecule has 0 aromatic carbocycles. The normalized spacial score (nSPS) is 11.8. The van der Waals surface area contributed by atoms with E-state index in [-0.39, 0.29) is 0 Å². The van der Waals surface area contributed by atoms with Crippen LogP contribution in [-0.2, 0) is 6.18 Å². The van der Waals surface area contributed by atoms with E-state index in [2.05, 4.69) is 9.97 Å².